The van der Waals surface area contributed by atoms with Gasteiger partial charge in [0, 0.05) is 23.3 Å². The molecule has 3 heteroatoms. The van der Waals surface area contributed by atoms with Gasteiger partial charge in [-0.25, -0.2) is 0 Å². The lowest BCUT2D eigenvalue weighted by Gasteiger charge is -2.23. The van der Waals surface area contributed by atoms with Crippen molar-refractivity contribution in [2.24, 2.45) is 0 Å². The summed E-state index contributed by atoms with van der Waals surface area (Å²) >= 11 is 1.80. The molecule has 0 radical (unpaired) electrons. The second-order valence-electron chi connectivity index (χ2n) is 4.84. The van der Waals surface area contributed by atoms with Gasteiger partial charge in [-0.1, -0.05) is 19.9 Å². The van der Waals surface area contributed by atoms with E-state index in [4.69, 9.17) is 0 Å². The van der Waals surface area contributed by atoms with E-state index in [1.807, 2.05) is 0 Å². The molecule has 0 atom stereocenters. The van der Waals surface area contributed by atoms with Crippen molar-refractivity contribution in [1.82, 2.24) is 5.32 Å². The van der Waals surface area contributed by atoms with E-state index >= 15 is 0 Å². The number of Topliss-reactive ketones (excluding diaryl/α,β-unsaturated/α-hetero) is 1. The summed E-state index contributed by atoms with van der Waals surface area (Å²) in [6.07, 6.45) is 1.63. The molecule has 0 fully saturated rings. The van der Waals surface area contributed by atoms with Crippen LogP contribution in [0.4, 0.5) is 0 Å². The summed E-state index contributed by atoms with van der Waals surface area (Å²) in [6, 6.07) is 4.28. The molecule has 1 N–H and O–H groups in total. The summed E-state index contributed by atoms with van der Waals surface area (Å²) in [7, 11) is 0. The van der Waals surface area contributed by atoms with Crippen molar-refractivity contribution in [3.63, 3.8) is 0 Å². The maximum atomic E-state index is 10.8. The average Bonchev–Trinajstić information content (AvgIpc) is 2.69. The summed E-state index contributed by atoms with van der Waals surface area (Å²) in [5.74, 6) is 0.277. The number of ketones is 1. The molecule has 0 saturated heterocycles. The zero-order valence-corrected chi connectivity index (χ0v) is 11.2. The third-order valence-corrected chi connectivity index (χ3v) is 3.87. The van der Waals surface area contributed by atoms with E-state index in [-0.39, 0.29) is 11.2 Å². The fraction of sp³-hybridized carbons (Fsp3) is 0.615. The number of thiophene rings is 1. The number of carbonyl (C=O) groups excluding carboxylic acids is 1. The van der Waals surface area contributed by atoms with Gasteiger partial charge in [0.25, 0.3) is 0 Å². The first-order valence-electron chi connectivity index (χ1n) is 5.76. The molecule has 0 aliphatic rings. The van der Waals surface area contributed by atoms with Crippen LogP contribution in [0.1, 0.15) is 38.5 Å². The Morgan fingerprint density at radius 1 is 1.50 bits per heavy atom. The van der Waals surface area contributed by atoms with Crippen molar-refractivity contribution in [2.75, 3.05) is 13.1 Å². The molecule has 0 unspecified atom stereocenters. The highest BCUT2D eigenvalue weighted by Crippen LogP contribution is 2.26. The van der Waals surface area contributed by atoms with Gasteiger partial charge in [-0.2, -0.15) is 0 Å². The normalized spacial score (nSPS) is 11.7. The summed E-state index contributed by atoms with van der Waals surface area (Å²) in [4.78, 5) is 12.2. The lowest BCUT2D eigenvalue weighted by Crippen LogP contribution is -2.32. The van der Waals surface area contributed by atoms with Gasteiger partial charge in [0.15, 0.2) is 0 Å². The Morgan fingerprint density at radius 2 is 2.25 bits per heavy atom. The molecule has 0 aliphatic carbocycles. The largest absolute Gasteiger partial charge is 0.316 e. The quantitative estimate of drug-likeness (QED) is 0.741. The van der Waals surface area contributed by atoms with Crippen molar-refractivity contribution in [3.8, 4) is 0 Å². The van der Waals surface area contributed by atoms with E-state index in [2.05, 4.69) is 36.7 Å². The summed E-state index contributed by atoms with van der Waals surface area (Å²) in [5, 5.41) is 5.54. The van der Waals surface area contributed by atoms with Crippen LogP contribution in [0.5, 0.6) is 0 Å². The van der Waals surface area contributed by atoms with Crippen molar-refractivity contribution in [1.29, 1.82) is 0 Å². The minimum atomic E-state index is 0.185. The summed E-state index contributed by atoms with van der Waals surface area (Å²) in [5.41, 5.74) is 0.185. The molecule has 2 nitrogen and oxygen atoms in total. The lowest BCUT2D eigenvalue weighted by atomic mass is 9.91. The van der Waals surface area contributed by atoms with E-state index < -0.39 is 0 Å². The van der Waals surface area contributed by atoms with Crippen molar-refractivity contribution < 1.29 is 4.79 Å². The average molecular weight is 239 g/mol. The maximum absolute atomic E-state index is 10.8. The van der Waals surface area contributed by atoms with Crippen LogP contribution in [-0.2, 0) is 10.2 Å². The molecule has 16 heavy (non-hydrogen) atoms. The smallest absolute Gasteiger partial charge is 0.129 e. The SMILES string of the molecule is CC(=O)CCCNCC(C)(C)c1cccs1. The van der Waals surface area contributed by atoms with Gasteiger partial charge in [-0.05, 0) is 31.3 Å². The zero-order valence-electron chi connectivity index (χ0n) is 10.4. The lowest BCUT2D eigenvalue weighted by molar-refractivity contribution is -0.117. The molecule has 0 bridgehead atoms. The highest BCUT2D eigenvalue weighted by atomic mass is 32.1. The number of hydrogen-bond acceptors (Lipinski definition) is 3. The van der Waals surface area contributed by atoms with Gasteiger partial charge in [-0.15, -0.1) is 11.3 Å². The van der Waals surface area contributed by atoms with Crippen LogP contribution < -0.4 is 5.32 Å². The van der Waals surface area contributed by atoms with E-state index in [0.717, 1.165) is 19.5 Å². The number of nitrogens with one attached hydrogen (secondary N) is 1. The van der Waals surface area contributed by atoms with E-state index in [0.29, 0.717) is 6.42 Å². The molecule has 90 valence electrons. The molecule has 1 aromatic heterocycles. The standard InChI is InChI=1S/C13H21NOS/c1-11(15)6-4-8-14-10-13(2,3)12-7-5-9-16-12/h5,7,9,14H,4,6,8,10H2,1-3H3. The Bertz CT molecular complexity index is 317. The summed E-state index contributed by atoms with van der Waals surface area (Å²) in [6.45, 7) is 8.03. The zero-order chi connectivity index (χ0) is 12.0. The molecule has 1 heterocycles. The number of carbonyl (C=O) groups is 1. The van der Waals surface area contributed by atoms with Crippen molar-refractivity contribution >= 4 is 17.1 Å². The van der Waals surface area contributed by atoms with Crippen LogP contribution in [0.3, 0.4) is 0 Å². The molecule has 0 aromatic carbocycles. The Hall–Kier alpha value is -0.670. The highest BCUT2D eigenvalue weighted by molar-refractivity contribution is 7.10. The van der Waals surface area contributed by atoms with Crippen LogP contribution in [0, 0.1) is 0 Å². The Kier molecular flexibility index (Phi) is 5.16. The predicted octanol–water partition coefficient (Wildman–Crippen LogP) is 2.98. The fourth-order valence-corrected chi connectivity index (χ4v) is 2.47. The summed E-state index contributed by atoms with van der Waals surface area (Å²) < 4.78 is 0. The van der Waals surface area contributed by atoms with Crippen molar-refractivity contribution in [3.05, 3.63) is 22.4 Å². The predicted molar refractivity (Wildman–Crippen MR) is 70.1 cm³/mol. The van der Waals surface area contributed by atoms with Crippen LogP contribution in [0.25, 0.3) is 0 Å². The Labute approximate surface area is 102 Å². The number of hydrogen-bond donors (Lipinski definition) is 1. The molecule has 0 spiro atoms. The Morgan fingerprint density at radius 3 is 2.81 bits per heavy atom. The first-order valence-corrected chi connectivity index (χ1v) is 6.64. The van der Waals surface area contributed by atoms with Crippen molar-refractivity contribution in [2.45, 2.75) is 39.0 Å². The minimum Gasteiger partial charge on any atom is -0.316 e. The topological polar surface area (TPSA) is 29.1 Å². The molecule has 1 aromatic rings. The number of rotatable bonds is 7. The van der Waals surface area contributed by atoms with E-state index in [1.54, 1.807) is 18.3 Å². The fourth-order valence-electron chi connectivity index (χ4n) is 1.61. The van der Waals surface area contributed by atoms with Crippen LogP contribution in [0.15, 0.2) is 17.5 Å². The van der Waals surface area contributed by atoms with Gasteiger partial charge < -0.3 is 10.1 Å². The van der Waals surface area contributed by atoms with Gasteiger partial charge in [0.2, 0.25) is 0 Å². The second kappa shape index (κ2) is 6.16. The molecule has 1 rings (SSSR count). The molecule has 0 saturated carbocycles. The molecular weight excluding hydrogens is 218 g/mol. The first kappa shape index (κ1) is 13.4. The third kappa shape index (κ3) is 4.45. The van der Waals surface area contributed by atoms with Gasteiger partial charge in [0.1, 0.15) is 5.78 Å². The van der Waals surface area contributed by atoms with Crippen LogP contribution in [0.2, 0.25) is 0 Å². The molecule has 0 aliphatic heterocycles. The van der Waals surface area contributed by atoms with Gasteiger partial charge in [0.05, 0.1) is 0 Å². The monoisotopic (exact) mass is 239 g/mol. The highest BCUT2D eigenvalue weighted by Gasteiger charge is 2.20. The Balaban J connectivity index is 2.24. The van der Waals surface area contributed by atoms with E-state index in [1.165, 1.54) is 4.88 Å². The van der Waals surface area contributed by atoms with E-state index in [9.17, 15) is 4.79 Å². The van der Waals surface area contributed by atoms with Crippen LogP contribution in [-0.4, -0.2) is 18.9 Å². The maximum Gasteiger partial charge on any atom is 0.129 e. The third-order valence-electron chi connectivity index (χ3n) is 2.64. The first-order chi connectivity index (χ1) is 7.52. The van der Waals surface area contributed by atoms with Gasteiger partial charge >= 0.3 is 0 Å². The molecule has 0 amide bonds. The van der Waals surface area contributed by atoms with Crippen LogP contribution >= 0.6 is 11.3 Å². The molecular formula is C13H21NOS. The minimum absolute atomic E-state index is 0.185. The second-order valence-corrected chi connectivity index (χ2v) is 5.79. The van der Waals surface area contributed by atoms with Gasteiger partial charge in [-0.3, -0.25) is 0 Å².